The van der Waals surface area contributed by atoms with E-state index in [4.69, 9.17) is 4.98 Å². The third-order valence-electron chi connectivity index (χ3n) is 5.83. The quantitative estimate of drug-likeness (QED) is 0.282. The number of benzene rings is 3. The molecular formula is C26H24BrN5. The van der Waals surface area contributed by atoms with Crippen LogP contribution < -0.4 is 4.90 Å². The van der Waals surface area contributed by atoms with Crippen molar-refractivity contribution >= 4 is 44.1 Å². The highest BCUT2D eigenvalue weighted by molar-refractivity contribution is 9.10. The van der Waals surface area contributed by atoms with Crippen LogP contribution >= 0.6 is 15.9 Å². The molecule has 0 unspecified atom stereocenters. The number of halogens is 1. The molecule has 0 fully saturated rings. The summed E-state index contributed by atoms with van der Waals surface area (Å²) in [5.74, 6) is 1.42. The SMILES string of the molecule is CN(c1cccc(-c2ccc(C(C)(C)C)cc2)c1)c1nc2nncn2c2cc(Br)ccc12. The second kappa shape index (κ2) is 7.71. The lowest BCUT2D eigenvalue weighted by Gasteiger charge is -2.22. The molecule has 0 aliphatic carbocycles. The number of aromatic nitrogens is 4. The largest absolute Gasteiger partial charge is 0.329 e. The average molecular weight is 486 g/mol. The van der Waals surface area contributed by atoms with Gasteiger partial charge in [0.25, 0.3) is 5.78 Å². The van der Waals surface area contributed by atoms with Gasteiger partial charge in [0.1, 0.15) is 12.1 Å². The second-order valence-electron chi connectivity index (χ2n) is 9.03. The Hall–Kier alpha value is -3.25. The number of fused-ring (bicyclic) bond motifs is 3. The summed E-state index contributed by atoms with van der Waals surface area (Å²) in [6.07, 6.45) is 1.70. The van der Waals surface area contributed by atoms with Gasteiger partial charge in [-0.1, -0.05) is 73.1 Å². The summed E-state index contributed by atoms with van der Waals surface area (Å²) in [6.45, 7) is 6.71. The van der Waals surface area contributed by atoms with Crippen molar-refractivity contribution in [3.8, 4) is 11.1 Å². The van der Waals surface area contributed by atoms with Gasteiger partial charge in [-0.3, -0.25) is 4.40 Å². The van der Waals surface area contributed by atoms with E-state index in [0.29, 0.717) is 5.78 Å². The zero-order chi connectivity index (χ0) is 22.5. The third kappa shape index (κ3) is 3.65. The highest BCUT2D eigenvalue weighted by Crippen LogP contribution is 2.34. The fraction of sp³-hybridized carbons (Fsp3) is 0.192. The average Bonchev–Trinajstić information content (AvgIpc) is 3.26. The van der Waals surface area contributed by atoms with Crippen LogP contribution in [0.4, 0.5) is 11.5 Å². The van der Waals surface area contributed by atoms with Crippen molar-refractivity contribution < 1.29 is 0 Å². The van der Waals surface area contributed by atoms with E-state index in [2.05, 4.69) is 112 Å². The van der Waals surface area contributed by atoms with Crippen molar-refractivity contribution in [3.63, 3.8) is 0 Å². The first-order chi connectivity index (χ1) is 15.3. The zero-order valence-electron chi connectivity index (χ0n) is 18.5. The van der Waals surface area contributed by atoms with Crippen molar-refractivity contribution in [1.82, 2.24) is 19.6 Å². The fourth-order valence-electron chi connectivity index (χ4n) is 3.96. The maximum Gasteiger partial charge on any atom is 0.257 e. The minimum atomic E-state index is 0.142. The Morgan fingerprint density at radius 2 is 1.69 bits per heavy atom. The summed E-state index contributed by atoms with van der Waals surface area (Å²) < 4.78 is 2.91. The van der Waals surface area contributed by atoms with Gasteiger partial charge < -0.3 is 4.90 Å². The Kier molecular flexibility index (Phi) is 4.97. The molecule has 0 aliphatic heterocycles. The molecule has 0 N–H and O–H groups in total. The molecule has 0 saturated carbocycles. The van der Waals surface area contributed by atoms with E-state index in [1.165, 1.54) is 16.7 Å². The molecule has 6 heteroatoms. The molecule has 0 bridgehead atoms. The van der Waals surface area contributed by atoms with Crippen molar-refractivity contribution in [2.45, 2.75) is 26.2 Å². The van der Waals surface area contributed by atoms with Crippen LogP contribution in [0.15, 0.2) is 77.5 Å². The first-order valence-electron chi connectivity index (χ1n) is 10.5. The van der Waals surface area contributed by atoms with Crippen LogP contribution in [-0.4, -0.2) is 26.6 Å². The molecule has 5 nitrogen and oxygen atoms in total. The molecule has 2 heterocycles. The molecule has 0 aliphatic rings. The number of rotatable bonds is 3. The maximum atomic E-state index is 4.81. The first kappa shape index (κ1) is 20.6. The molecule has 0 spiro atoms. The molecular weight excluding hydrogens is 462 g/mol. The number of hydrogen-bond donors (Lipinski definition) is 0. The molecule has 0 atom stereocenters. The Balaban J connectivity index is 1.58. The summed E-state index contributed by atoms with van der Waals surface area (Å²) in [7, 11) is 2.04. The van der Waals surface area contributed by atoms with Gasteiger partial charge in [-0.25, -0.2) is 0 Å². The van der Waals surface area contributed by atoms with E-state index in [-0.39, 0.29) is 5.41 Å². The summed E-state index contributed by atoms with van der Waals surface area (Å²) in [6, 6.07) is 23.6. The lowest BCUT2D eigenvalue weighted by atomic mass is 9.86. The van der Waals surface area contributed by atoms with E-state index >= 15 is 0 Å². The molecule has 2 aromatic heterocycles. The van der Waals surface area contributed by atoms with E-state index in [9.17, 15) is 0 Å². The monoisotopic (exact) mass is 485 g/mol. The van der Waals surface area contributed by atoms with Gasteiger partial charge in [-0.05, 0) is 52.4 Å². The van der Waals surface area contributed by atoms with Crippen molar-refractivity contribution in [1.29, 1.82) is 0 Å². The minimum Gasteiger partial charge on any atom is -0.329 e. The number of anilines is 2. The van der Waals surface area contributed by atoms with Crippen LogP contribution in [0.1, 0.15) is 26.3 Å². The van der Waals surface area contributed by atoms with Gasteiger partial charge in [0.2, 0.25) is 0 Å². The van der Waals surface area contributed by atoms with Gasteiger partial charge in [-0.2, -0.15) is 4.98 Å². The Morgan fingerprint density at radius 3 is 2.44 bits per heavy atom. The third-order valence-corrected chi connectivity index (χ3v) is 6.32. The van der Waals surface area contributed by atoms with E-state index in [1.54, 1.807) is 6.33 Å². The molecule has 3 aromatic carbocycles. The molecule has 5 aromatic rings. The highest BCUT2D eigenvalue weighted by atomic mass is 79.9. The van der Waals surface area contributed by atoms with E-state index in [0.717, 1.165) is 26.9 Å². The van der Waals surface area contributed by atoms with E-state index < -0.39 is 0 Å². The molecule has 5 rings (SSSR count). The van der Waals surface area contributed by atoms with Gasteiger partial charge in [0.05, 0.1) is 5.52 Å². The normalized spacial score (nSPS) is 11.9. The van der Waals surface area contributed by atoms with Crippen LogP contribution in [-0.2, 0) is 5.41 Å². The van der Waals surface area contributed by atoms with Crippen LogP contribution in [0.3, 0.4) is 0 Å². The highest BCUT2D eigenvalue weighted by Gasteiger charge is 2.16. The second-order valence-corrected chi connectivity index (χ2v) is 9.95. The molecule has 0 amide bonds. The lowest BCUT2D eigenvalue weighted by Crippen LogP contribution is -2.13. The first-order valence-corrected chi connectivity index (χ1v) is 11.3. The van der Waals surface area contributed by atoms with Gasteiger partial charge in [-0.15, -0.1) is 10.2 Å². The fourth-order valence-corrected chi connectivity index (χ4v) is 4.31. The predicted molar refractivity (Wildman–Crippen MR) is 135 cm³/mol. The molecule has 160 valence electrons. The van der Waals surface area contributed by atoms with Gasteiger partial charge in [0.15, 0.2) is 0 Å². The van der Waals surface area contributed by atoms with Crippen LogP contribution in [0.2, 0.25) is 0 Å². The standard InChI is InChI=1S/C26H24BrN5/c1-26(2,3)19-10-8-17(9-11-19)18-6-5-7-21(14-18)31(4)24-22-13-12-20(27)15-23(22)32-16-28-30-25(32)29-24/h5-16H,1-4H3. The Morgan fingerprint density at radius 1 is 0.906 bits per heavy atom. The topological polar surface area (TPSA) is 46.3 Å². The molecule has 0 radical (unpaired) electrons. The van der Waals surface area contributed by atoms with Crippen molar-refractivity contribution in [3.05, 3.63) is 83.1 Å². The lowest BCUT2D eigenvalue weighted by molar-refractivity contribution is 0.590. The maximum absolute atomic E-state index is 4.81. The zero-order valence-corrected chi connectivity index (χ0v) is 20.1. The van der Waals surface area contributed by atoms with E-state index in [1.807, 2.05) is 17.5 Å². The van der Waals surface area contributed by atoms with Crippen LogP contribution in [0, 0.1) is 0 Å². The Bertz CT molecular complexity index is 1430. The van der Waals surface area contributed by atoms with Crippen LogP contribution in [0.25, 0.3) is 27.8 Å². The van der Waals surface area contributed by atoms with Crippen molar-refractivity contribution in [2.24, 2.45) is 0 Å². The van der Waals surface area contributed by atoms with Gasteiger partial charge in [0, 0.05) is 22.6 Å². The molecule has 0 saturated heterocycles. The minimum absolute atomic E-state index is 0.142. The molecule has 32 heavy (non-hydrogen) atoms. The van der Waals surface area contributed by atoms with Crippen LogP contribution in [0.5, 0.6) is 0 Å². The summed E-state index contributed by atoms with van der Waals surface area (Å²) in [5, 5.41) is 9.27. The Labute approximate surface area is 195 Å². The number of hydrogen-bond acceptors (Lipinski definition) is 4. The predicted octanol–water partition coefficient (Wildman–Crippen LogP) is 6.77. The number of nitrogens with zero attached hydrogens (tertiary/aromatic N) is 5. The van der Waals surface area contributed by atoms with Crippen molar-refractivity contribution in [2.75, 3.05) is 11.9 Å². The summed E-state index contributed by atoms with van der Waals surface area (Å²) >= 11 is 3.58. The van der Waals surface area contributed by atoms with Gasteiger partial charge >= 0.3 is 0 Å². The smallest absolute Gasteiger partial charge is 0.257 e. The summed E-state index contributed by atoms with van der Waals surface area (Å²) in [5.41, 5.74) is 5.90. The summed E-state index contributed by atoms with van der Waals surface area (Å²) in [4.78, 5) is 6.92.